The summed E-state index contributed by atoms with van der Waals surface area (Å²) in [7, 11) is 0. The van der Waals surface area contributed by atoms with E-state index >= 15 is 0 Å². The highest BCUT2D eigenvalue weighted by Gasteiger charge is 2.27. The van der Waals surface area contributed by atoms with Crippen molar-refractivity contribution in [3.8, 4) is 45.3 Å². The molecule has 0 aliphatic heterocycles. The number of anilines is 6. The molecule has 10 aromatic carbocycles. The summed E-state index contributed by atoms with van der Waals surface area (Å²) in [5.41, 5.74) is 12.8. The number of para-hydroxylation sites is 4. The monoisotopic (exact) mass is 926 g/mol. The largest absolute Gasteiger partial charge is 0.452 e. The van der Waals surface area contributed by atoms with Gasteiger partial charge in [-0.15, -0.1) is 0 Å². The molecule has 0 amide bonds. The summed E-state index contributed by atoms with van der Waals surface area (Å²) in [5.74, 6) is 2.94. The number of rotatable bonds is 10. The Hall–Kier alpha value is -9.78. The van der Waals surface area contributed by atoms with Gasteiger partial charge < -0.3 is 27.5 Å². The third-order valence-corrected chi connectivity index (χ3v) is 13.7. The van der Waals surface area contributed by atoms with Gasteiger partial charge in [-0.2, -0.15) is 0 Å². The van der Waals surface area contributed by atoms with Crippen LogP contribution in [0.4, 0.5) is 34.1 Å². The van der Waals surface area contributed by atoms with Gasteiger partial charge in [0.1, 0.15) is 23.0 Å². The Labute approximate surface area is 414 Å². The van der Waals surface area contributed by atoms with Gasteiger partial charge in [-0.3, -0.25) is 0 Å². The minimum Gasteiger partial charge on any atom is -0.452 e. The number of nitrogens with zero attached hydrogens (tertiary/aromatic N) is 2. The highest BCUT2D eigenvalue weighted by molar-refractivity contribution is 6.38. The summed E-state index contributed by atoms with van der Waals surface area (Å²) in [4.78, 5) is 4.52. The fraction of sp³-hybridized carbons (Fsp3) is 0. The first-order valence-corrected chi connectivity index (χ1v) is 24.1. The summed E-state index contributed by atoms with van der Waals surface area (Å²) in [5, 5.41) is 5.69. The second-order valence-corrected chi connectivity index (χ2v) is 18.0. The predicted octanol–water partition coefficient (Wildman–Crippen LogP) is 19.4. The summed E-state index contributed by atoms with van der Waals surface area (Å²) in [6, 6.07) is 88.0. The summed E-state index contributed by atoms with van der Waals surface area (Å²) in [6.07, 6.45) is 0. The zero-order chi connectivity index (χ0) is 47.5. The average molecular weight is 927 g/mol. The van der Waals surface area contributed by atoms with Gasteiger partial charge in [0.2, 0.25) is 0 Å². The van der Waals surface area contributed by atoms with Gasteiger partial charge >= 0.3 is 0 Å². The third kappa shape index (κ3) is 6.96. The molecule has 4 aromatic heterocycles. The van der Waals surface area contributed by atoms with E-state index in [1.165, 1.54) is 0 Å². The van der Waals surface area contributed by atoms with Crippen LogP contribution in [0.2, 0.25) is 0 Å². The Kier molecular flexibility index (Phi) is 9.74. The van der Waals surface area contributed by atoms with Gasteiger partial charge in [0.25, 0.3) is 0 Å². The highest BCUT2D eigenvalue weighted by atomic mass is 16.4. The van der Waals surface area contributed by atoms with Crippen molar-refractivity contribution in [2.24, 2.45) is 0 Å². The number of hydrogen-bond acceptors (Lipinski definition) is 6. The maximum Gasteiger partial charge on any atom is 0.178 e. The van der Waals surface area contributed by atoms with Gasteiger partial charge in [-0.05, 0) is 121 Å². The topological polar surface area (TPSA) is 59.0 Å². The molecule has 0 saturated carbocycles. The maximum absolute atomic E-state index is 7.06. The van der Waals surface area contributed by atoms with Crippen LogP contribution in [0, 0.1) is 0 Å². The van der Waals surface area contributed by atoms with Crippen LogP contribution in [-0.4, -0.2) is 0 Å². The molecule has 72 heavy (non-hydrogen) atoms. The molecule has 14 aromatic rings. The summed E-state index contributed by atoms with van der Waals surface area (Å²) < 4.78 is 28.0. The van der Waals surface area contributed by atoms with E-state index in [9.17, 15) is 0 Å². The Bertz CT molecular complexity index is 3870. The van der Waals surface area contributed by atoms with Gasteiger partial charge in [0.05, 0.1) is 0 Å². The molecule has 0 bridgehead atoms. The first-order valence-electron chi connectivity index (χ1n) is 24.1. The van der Waals surface area contributed by atoms with E-state index in [0.717, 1.165) is 112 Å². The second kappa shape index (κ2) is 17.0. The fourth-order valence-electron chi connectivity index (χ4n) is 10.3. The number of hydrogen-bond donors (Lipinski definition) is 0. The van der Waals surface area contributed by atoms with Crippen molar-refractivity contribution in [3.63, 3.8) is 0 Å². The smallest absolute Gasteiger partial charge is 0.178 e. The molecule has 0 saturated heterocycles. The van der Waals surface area contributed by atoms with Crippen LogP contribution in [0.1, 0.15) is 0 Å². The van der Waals surface area contributed by atoms with Gasteiger partial charge in [-0.1, -0.05) is 133 Å². The normalized spacial score (nSPS) is 11.6. The van der Waals surface area contributed by atoms with E-state index in [0.29, 0.717) is 22.3 Å². The lowest BCUT2D eigenvalue weighted by Crippen LogP contribution is -2.09. The highest BCUT2D eigenvalue weighted by Crippen LogP contribution is 2.51. The molecule has 6 heteroatoms. The molecule has 0 aliphatic rings. The molecular formula is C66H42N2O4. The summed E-state index contributed by atoms with van der Waals surface area (Å²) in [6.45, 7) is 0. The lowest BCUT2D eigenvalue weighted by Gasteiger charge is -2.25. The Morgan fingerprint density at radius 3 is 0.667 bits per heavy atom. The molecule has 0 fully saturated rings. The molecule has 0 unspecified atom stereocenters. The van der Waals surface area contributed by atoms with Crippen molar-refractivity contribution < 1.29 is 17.7 Å². The predicted molar refractivity (Wildman–Crippen MR) is 294 cm³/mol. The van der Waals surface area contributed by atoms with Gasteiger partial charge in [-0.25, -0.2) is 0 Å². The molecule has 14 rings (SSSR count). The number of fused-ring (bicyclic) bond motifs is 11. The second-order valence-electron chi connectivity index (χ2n) is 18.0. The number of benzene rings is 10. The van der Waals surface area contributed by atoms with E-state index in [4.69, 9.17) is 17.7 Å². The van der Waals surface area contributed by atoms with E-state index in [-0.39, 0.29) is 0 Å². The van der Waals surface area contributed by atoms with Crippen molar-refractivity contribution in [2.45, 2.75) is 0 Å². The van der Waals surface area contributed by atoms with E-state index in [1.807, 2.05) is 60.7 Å². The van der Waals surface area contributed by atoms with Crippen molar-refractivity contribution in [1.82, 2.24) is 0 Å². The van der Waals surface area contributed by atoms with Gasteiger partial charge in [0.15, 0.2) is 22.3 Å². The van der Waals surface area contributed by atoms with Crippen LogP contribution in [-0.2, 0) is 0 Å². The minimum atomic E-state index is 0.662. The Morgan fingerprint density at radius 1 is 0.208 bits per heavy atom. The molecule has 0 N–H and O–H groups in total. The first-order chi connectivity index (χ1) is 35.7. The lowest BCUT2D eigenvalue weighted by atomic mass is 9.95. The molecule has 4 heterocycles. The Morgan fingerprint density at radius 2 is 0.417 bits per heavy atom. The van der Waals surface area contributed by atoms with Crippen molar-refractivity contribution in [3.05, 3.63) is 255 Å². The minimum absolute atomic E-state index is 0.662. The third-order valence-electron chi connectivity index (χ3n) is 13.7. The molecule has 0 radical (unpaired) electrons. The maximum atomic E-state index is 7.06. The van der Waals surface area contributed by atoms with Crippen LogP contribution in [0.3, 0.4) is 0 Å². The molecule has 0 atom stereocenters. The Balaban J connectivity index is 0.987. The van der Waals surface area contributed by atoms with Crippen molar-refractivity contribution in [1.29, 1.82) is 0 Å². The van der Waals surface area contributed by atoms with Crippen LogP contribution in [0.5, 0.6) is 0 Å². The van der Waals surface area contributed by atoms with Crippen LogP contribution in [0.15, 0.2) is 272 Å². The summed E-state index contributed by atoms with van der Waals surface area (Å²) >= 11 is 0. The van der Waals surface area contributed by atoms with E-state index in [2.05, 4.69) is 204 Å². The van der Waals surface area contributed by atoms with Crippen molar-refractivity contribution >= 4 is 88.8 Å². The number of furan rings is 4. The van der Waals surface area contributed by atoms with Gasteiger partial charge in [0, 0.05) is 88.7 Å². The SMILES string of the molecule is c1ccc(-c2cc3c(o2)c2oc(-c4ccc(N(c5ccccc5)c5ccccc5)cc4)cc2c2c4cc(-c5ccc(N(c6ccccc6)c6ccccc6)cc5)oc4c4oc(-c5ccccc5)cc4c32)cc1. The fourth-order valence-corrected chi connectivity index (χ4v) is 10.3. The average Bonchev–Trinajstić information content (AvgIpc) is 4.29. The van der Waals surface area contributed by atoms with Crippen molar-refractivity contribution in [2.75, 3.05) is 9.80 Å². The van der Waals surface area contributed by atoms with Crippen LogP contribution in [0.25, 0.3) is 99.9 Å². The first kappa shape index (κ1) is 41.2. The molecule has 340 valence electrons. The molecular weight excluding hydrogens is 885 g/mol. The molecule has 6 nitrogen and oxygen atoms in total. The zero-order valence-corrected chi connectivity index (χ0v) is 38.8. The van der Waals surface area contributed by atoms with E-state index in [1.54, 1.807) is 0 Å². The zero-order valence-electron chi connectivity index (χ0n) is 38.8. The van der Waals surface area contributed by atoms with Crippen LogP contribution < -0.4 is 9.80 Å². The van der Waals surface area contributed by atoms with E-state index < -0.39 is 0 Å². The van der Waals surface area contributed by atoms with Crippen LogP contribution >= 0.6 is 0 Å². The molecule has 0 spiro atoms. The lowest BCUT2D eigenvalue weighted by molar-refractivity contribution is 0.598. The quantitative estimate of drug-likeness (QED) is 0.136. The molecule has 0 aliphatic carbocycles. The standard InChI is InChI=1S/C66H42N2O4/c1-7-19-43(20-8-1)57-39-53-61-54-40-58(44-21-9-2-10-22-44)70-64(54)66-56(42-60(72-66)46-33-37-52(38-34-46)68(49-27-15-5-16-28-49)50-29-17-6-18-30-50)62(61)55-41-59(71-65(55)63(53)69-57)45-31-35-51(36-32-45)67(47-23-11-3-12-24-47)48-25-13-4-14-26-48/h1-42H.